The molecule has 1 aromatic carbocycles. The number of amides is 1. The van der Waals surface area contributed by atoms with Crippen LogP contribution in [0, 0.1) is 12.8 Å². The van der Waals surface area contributed by atoms with Crippen molar-refractivity contribution in [3.8, 4) is 0 Å². The zero-order valence-corrected chi connectivity index (χ0v) is 17.1. The molecule has 5 rings (SSSR count). The molecule has 1 atom stereocenters. The summed E-state index contributed by atoms with van der Waals surface area (Å²) in [6, 6.07) is 8.87. The van der Waals surface area contributed by atoms with Gasteiger partial charge in [-0.05, 0) is 67.5 Å². The molecule has 5 heteroatoms. The van der Waals surface area contributed by atoms with Gasteiger partial charge in [-0.3, -0.25) is 14.8 Å². The van der Waals surface area contributed by atoms with Crippen LogP contribution in [0.2, 0.25) is 0 Å². The number of fused-ring (bicyclic) bond motifs is 2. The number of aryl methyl sites for hydroxylation is 1. The van der Waals surface area contributed by atoms with Crippen molar-refractivity contribution in [2.75, 3.05) is 13.2 Å². The Kier molecular flexibility index (Phi) is 4.70. The highest BCUT2D eigenvalue weighted by Gasteiger charge is 2.33. The van der Waals surface area contributed by atoms with Crippen LogP contribution in [0.15, 0.2) is 35.5 Å². The first-order chi connectivity index (χ1) is 14.1. The highest BCUT2D eigenvalue weighted by Crippen LogP contribution is 2.32. The first-order valence-corrected chi connectivity index (χ1v) is 10.6. The third-order valence-electron chi connectivity index (χ3n) is 6.70. The molecule has 1 unspecified atom stereocenters. The molecule has 0 N–H and O–H groups in total. The summed E-state index contributed by atoms with van der Waals surface area (Å²) >= 11 is 0. The van der Waals surface area contributed by atoms with Gasteiger partial charge >= 0.3 is 0 Å². The smallest absolute Gasteiger partial charge is 0.227 e. The molecule has 1 amide bonds. The number of carbonyl (C=O) groups excluding carboxylic acids is 1. The molecule has 3 aliphatic rings. The Morgan fingerprint density at radius 1 is 1.14 bits per heavy atom. The zero-order chi connectivity index (χ0) is 20.0. The van der Waals surface area contributed by atoms with Crippen molar-refractivity contribution >= 4 is 11.6 Å². The van der Waals surface area contributed by atoms with Gasteiger partial charge in [0.1, 0.15) is 0 Å². The van der Waals surface area contributed by atoms with Crippen molar-refractivity contribution in [2.24, 2.45) is 10.9 Å². The minimum absolute atomic E-state index is 0.250. The average Bonchev–Trinajstić information content (AvgIpc) is 3.14. The minimum Gasteiger partial charge on any atom is -0.381 e. The summed E-state index contributed by atoms with van der Waals surface area (Å²) in [4.78, 5) is 24.1. The van der Waals surface area contributed by atoms with Gasteiger partial charge < -0.3 is 9.64 Å². The molecular weight excluding hydrogens is 362 g/mol. The second-order valence-electron chi connectivity index (χ2n) is 8.52. The average molecular weight is 389 g/mol. The number of carbonyl (C=O) groups is 1. The molecule has 150 valence electrons. The second-order valence-corrected chi connectivity index (χ2v) is 8.52. The predicted octanol–water partition coefficient (Wildman–Crippen LogP) is 3.44. The summed E-state index contributed by atoms with van der Waals surface area (Å²) in [7, 11) is 0. The van der Waals surface area contributed by atoms with Gasteiger partial charge in [-0.15, -0.1) is 0 Å². The Balaban J connectivity index is 1.44. The number of hydrogen-bond donors (Lipinski definition) is 0. The Labute approximate surface area is 171 Å². The molecule has 1 fully saturated rings. The summed E-state index contributed by atoms with van der Waals surface area (Å²) in [6.45, 7) is 7.23. The Morgan fingerprint density at radius 3 is 2.76 bits per heavy atom. The molecule has 0 spiro atoms. The van der Waals surface area contributed by atoms with E-state index in [1.165, 1.54) is 22.3 Å². The van der Waals surface area contributed by atoms with Crippen LogP contribution in [0.25, 0.3) is 0 Å². The molecule has 1 saturated heterocycles. The third kappa shape index (κ3) is 3.38. The van der Waals surface area contributed by atoms with E-state index in [1.54, 1.807) is 0 Å². The lowest BCUT2D eigenvalue weighted by atomic mass is 9.87. The molecule has 3 aliphatic heterocycles. The normalized spacial score (nSPS) is 20.3. The zero-order valence-electron chi connectivity index (χ0n) is 17.1. The van der Waals surface area contributed by atoms with Crippen LogP contribution in [0.4, 0.5) is 0 Å². The fraction of sp³-hybridized carbons (Fsp3) is 0.458. The van der Waals surface area contributed by atoms with E-state index in [9.17, 15) is 4.79 Å². The van der Waals surface area contributed by atoms with E-state index in [1.807, 2.05) is 19.2 Å². The van der Waals surface area contributed by atoms with Crippen LogP contribution >= 0.6 is 0 Å². The molecule has 5 nitrogen and oxygen atoms in total. The first-order valence-electron chi connectivity index (χ1n) is 10.6. The van der Waals surface area contributed by atoms with Gasteiger partial charge in [0.2, 0.25) is 5.91 Å². The molecule has 2 aromatic rings. The number of nitrogens with zero attached hydrogens (tertiary/aromatic N) is 3. The fourth-order valence-corrected chi connectivity index (χ4v) is 4.95. The van der Waals surface area contributed by atoms with Gasteiger partial charge in [0.15, 0.2) is 0 Å². The number of pyridine rings is 1. The third-order valence-corrected chi connectivity index (χ3v) is 6.70. The van der Waals surface area contributed by atoms with Crippen LogP contribution < -0.4 is 0 Å². The summed E-state index contributed by atoms with van der Waals surface area (Å²) < 4.78 is 5.51. The van der Waals surface area contributed by atoms with Crippen molar-refractivity contribution in [1.82, 2.24) is 9.88 Å². The standard InChI is InChI=1S/C24H27N3O2/c1-15-9-18(3-6-25-15)24-22-11-21-14-27(16(2)17-4-7-29-8-5-17)23(28)12-19(21)10-20(22)13-26-24/h3,6,9-11,16-17H,4-5,7-8,12-14H2,1-2H3. The van der Waals surface area contributed by atoms with Crippen LogP contribution in [0.5, 0.6) is 0 Å². The van der Waals surface area contributed by atoms with Gasteiger partial charge in [-0.25, -0.2) is 0 Å². The molecule has 1 aromatic heterocycles. The summed E-state index contributed by atoms with van der Waals surface area (Å²) in [6.07, 6.45) is 4.43. The van der Waals surface area contributed by atoms with Crippen LogP contribution in [0.1, 0.15) is 53.3 Å². The highest BCUT2D eigenvalue weighted by molar-refractivity contribution is 6.15. The summed E-state index contributed by atoms with van der Waals surface area (Å²) in [5.74, 6) is 0.779. The van der Waals surface area contributed by atoms with Gasteiger partial charge in [0, 0.05) is 48.8 Å². The molecule has 0 radical (unpaired) electrons. The van der Waals surface area contributed by atoms with Crippen molar-refractivity contribution in [3.63, 3.8) is 0 Å². The Hall–Kier alpha value is -2.53. The lowest BCUT2D eigenvalue weighted by Crippen LogP contribution is -2.46. The molecule has 4 heterocycles. The molecule has 0 saturated carbocycles. The van der Waals surface area contributed by atoms with Crippen molar-refractivity contribution in [3.05, 3.63) is 64.0 Å². The van der Waals surface area contributed by atoms with E-state index in [0.29, 0.717) is 25.4 Å². The summed E-state index contributed by atoms with van der Waals surface area (Å²) in [5.41, 5.74) is 8.05. The lowest BCUT2D eigenvalue weighted by Gasteiger charge is -2.39. The maximum Gasteiger partial charge on any atom is 0.227 e. The fourth-order valence-electron chi connectivity index (χ4n) is 4.95. The maximum atomic E-state index is 12.9. The van der Waals surface area contributed by atoms with Gasteiger partial charge in [-0.2, -0.15) is 0 Å². The largest absolute Gasteiger partial charge is 0.381 e. The van der Waals surface area contributed by atoms with E-state index >= 15 is 0 Å². The number of hydrogen-bond acceptors (Lipinski definition) is 4. The second kappa shape index (κ2) is 7.38. The Bertz CT molecular complexity index is 992. The van der Waals surface area contributed by atoms with Crippen LogP contribution in [-0.4, -0.2) is 40.8 Å². The van der Waals surface area contributed by atoms with Crippen LogP contribution in [-0.2, 0) is 29.0 Å². The number of aromatic nitrogens is 1. The van der Waals surface area contributed by atoms with Gasteiger partial charge in [0.25, 0.3) is 0 Å². The number of ether oxygens (including phenoxy) is 1. The number of benzene rings is 1. The first kappa shape index (κ1) is 18.5. The van der Waals surface area contributed by atoms with Gasteiger partial charge in [-0.1, -0.05) is 6.07 Å². The molecule has 0 bridgehead atoms. The van der Waals surface area contributed by atoms with Crippen molar-refractivity contribution in [2.45, 2.75) is 52.2 Å². The van der Waals surface area contributed by atoms with E-state index in [4.69, 9.17) is 9.73 Å². The molecule has 0 aliphatic carbocycles. The van der Waals surface area contributed by atoms with Crippen LogP contribution in [0.3, 0.4) is 0 Å². The highest BCUT2D eigenvalue weighted by atomic mass is 16.5. The van der Waals surface area contributed by atoms with Crippen molar-refractivity contribution in [1.29, 1.82) is 0 Å². The minimum atomic E-state index is 0.250. The van der Waals surface area contributed by atoms with Crippen molar-refractivity contribution < 1.29 is 9.53 Å². The SMILES string of the molecule is Cc1cc(C2=NCc3cc4c(cc32)CN(C(C)C2CCOCC2)C(=O)C4)ccn1. The van der Waals surface area contributed by atoms with E-state index in [0.717, 1.165) is 43.0 Å². The molecule has 29 heavy (non-hydrogen) atoms. The Morgan fingerprint density at radius 2 is 1.97 bits per heavy atom. The number of aliphatic imine (C=N–C) groups is 1. The predicted molar refractivity (Wildman–Crippen MR) is 112 cm³/mol. The maximum absolute atomic E-state index is 12.9. The van der Waals surface area contributed by atoms with E-state index < -0.39 is 0 Å². The molecular formula is C24H27N3O2. The topological polar surface area (TPSA) is 54.8 Å². The lowest BCUT2D eigenvalue weighted by molar-refractivity contribution is -0.136. The quantitative estimate of drug-likeness (QED) is 0.808. The number of rotatable bonds is 3. The van der Waals surface area contributed by atoms with E-state index in [-0.39, 0.29) is 11.9 Å². The monoisotopic (exact) mass is 389 g/mol. The summed E-state index contributed by atoms with van der Waals surface area (Å²) in [5, 5.41) is 0. The van der Waals surface area contributed by atoms with Gasteiger partial charge in [0.05, 0.1) is 18.7 Å². The van der Waals surface area contributed by atoms with E-state index in [2.05, 4.69) is 35.0 Å².